The van der Waals surface area contributed by atoms with Crippen molar-refractivity contribution in [2.75, 3.05) is 53.8 Å². The van der Waals surface area contributed by atoms with Crippen LogP contribution in [0.15, 0.2) is 48.1 Å². The number of hydrogen-bond acceptors (Lipinski definition) is 15. The van der Waals surface area contributed by atoms with E-state index in [2.05, 4.69) is 6.58 Å². The standard InChI is InChI=1S/C61H99NO15/c1-12-13-14-18-40(4)52(75-32-26-46-24-30-73-31-25-46)37-48-22-20-45(9)61(70,77-48)58(67)59(68)62-27-16-15-19-49(62)60(69)76-53(42(6)35-47-21-23-51(54(36-47)71-10)74-29-17-28-63)38-50(64)41(5)34-44(8)56(66)57(72-11)55(65)43(7)33-39(2)3/h12-14,18,34,39,41-43,45-49,51-54,56-57,63,66,70H,1,15-17,19-33,35-38H2,2-11H3/b14-13+,40-18+,44-34+/t41-,42-,43-,45-,47+,48+,49?,51-,52?,53+,54-,56-,57+,61-/m1/s1. The third kappa shape index (κ3) is 19.9. The van der Waals surface area contributed by atoms with Gasteiger partial charge in [-0.3, -0.25) is 19.2 Å². The Balaban J connectivity index is 1.55. The molecule has 4 aliphatic rings. The fourth-order valence-electron chi connectivity index (χ4n) is 11.8. The summed E-state index contributed by atoms with van der Waals surface area (Å²) in [6.07, 6.45) is 13.5. The van der Waals surface area contributed by atoms with Crippen molar-refractivity contribution in [3.05, 3.63) is 48.1 Å². The average molecular weight is 1090 g/mol. The molecule has 2 unspecified atom stereocenters. The van der Waals surface area contributed by atoms with Gasteiger partial charge in [0.1, 0.15) is 30.1 Å². The van der Waals surface area contributed by atoms with Crippen LogP contribution in [-0.4, -0.2) is 158 Å². The van der Waals surface area contributed by atoms with Crippen molar-refractivity contribution >= 4 is 29.2 Å². The first kappa shape index (κ1) is 66.1. The number of aliphatic hydroxyl groups is 3. The van der Waals surface area contributed by atoms with Crippen LogP contribution in [0.2, 0.25) is 0 Å². The number of piperidine rings is 1. The van der Waals surface area contributed by atoms with Gasteiger partial charge < -0.3 is 53.4 Å². The van der Waals surface area contributed by atoms with Gasteiger partial charge in [-0.2, -0.15) is 0 Å². The highest BCUT2D eigenvalue weighted by molar-refractivity contribution is 6.39. The molecule has 3 aliphatic heterocycles. The lowest BCUT2D eigenvalue weighted by Crippen LogP contribution is -2.61. The van der Waals surface area contributed by atoms with E-state index < -0.39 is 65.7 Å². The third-order valence-electron chi connectivity index (χ3n) is 16.7. The molecule has 1 amide bonds. The van der Waals surface area contributed by atoms with Crippen molar-refractivity contribution in [1.82, 2.24) is 4.90 Å². The SMILES string of the molecule is C=C/C=C/C=C(\C)C(C[C@@H]1CC[C@@H](C)[C@](O)(C(=O)C(=O)N2CCCCC2C(=O)O[C@@H](CC(=O)[C@H](C)/C=C(\C)[C@@H](O)[C@@H](OC)C(=O)[C@H](C)CC(C)C)[C@H](C)C[C@@H]2CC[C@@H](OCCCO)[C@H](OC)C2)O1)OCCC1CCOCC1. The molecule has 0 spiro atoms. The lowest BCUT2D eigenvalue weighted by Gasteiger charge is -2.43. The van der Waals surface area contributed by atoms with Gasteiger partial charge in [0, 0.05) is 84.4 Å². The maximum Gasteiger partial charge on any atom is 0.329 e. The number of esters is 1. The summed E-state index contributed by atoms with van der Waals surface area (Å²) in [5.74, 6) is -7.08. The summed E-state index contributed by atoms with van der Waals surface area (Å²) < 4.78 is 42.2. The molecule has 0 aromatic rings. The van der Waals surface area contributed by atoms with Crippen molar-refractivity contribution in [2.24, 2.45) is 41.4 Å². The van der Waals surface area contributed by atoms with Gasteiger partial charge >= 0.3 is 5.97 Å². The minimum Gasteiger partial charge on any atom is -0.460 e. The Morgan fingerprint density at radius 2 is 1.60 bits per heavy atom. The number of rotatable bonds is 32. The number of Topliss-reactive ketones (excluding diaryl/α,β-unsaturated/α-hetero) is 3. The van der Waals surface area contributed by atoms with Crippen LogP contribution in [0.1, 0.15) is 158 Å². The molecule has 0 aromatic heterocycles. The zero-order chi connectivity index (χ0) is 56.8. The van der Waals surface area contributed by atoms with E-state index in [0.29, 0.717) is 82.5 Å². The summed E-state index contributed by atoms with van der Waals surface area (Å²) >= 11 is 0. The molecule has 438 valence electrons. The number of carbonyl (C=O) groups is 5. The Morgan fingerprint density at radius 3 is 2.26 bits per heavy atom. The molecule has 4 rings (SSSR count). The van der Waals surface area contributed by atoms with E-state index >= 15 is 0 Å². The third-order valence-corrected chi connectivity index (χ3v) is 16.7. The fraction of sp³-hybridized carbons (Fsp3) is 0.787. The Morgan fingerprint density at radius 1 is 0.870 bits per heavy atom. The van der Waals surface area contributed by atoms with E-state index in [1.807, 2.05) is 52.8 Å². The second-order valence-electron chi connectivity index (χ2n) is 23.3. The first-order valence-corrected chi connectivity index (χ1v) is 29.0. The number of hydrogen-bond donors (Lipinski definition) is 3. The van der Waals surface area contributed by atoms with Crippen LogP contribution in [0.4, 0.5) is 0 Å². The van der Waals surface area contributed by atoms with Crippen molar-refractivity contribution in [1.29, 1.82) is 0 Å². The molecule has 1 saturated carbocycles. The Kier molecular flexibility index (Phi) is 28.6. The second kappa shape index (κ2) is 33.3. The van der Waals surface area contributed by atoms with Crippen LogP contribution in [0.5, 0.6) is 0 Å². The lowest BCUT2D eigenvalue weighted by atomic mass is 9.78. The molecule has 4 fully saturated rings. The molecule has 14 atom stereocenters. The molecule has 0 aromatic carbocycles. The highest BCUT2D eigenvalue weighted by atomic mass is 16.6. The minimum atomic E-state index is -2.45. The van der Waals surface area contributed by atoms with Crippen LogP contribution in [0.25, 0.3) is 0 Å². The van der Waals surface area contributed by atoms with Gasteiger partial charge in [0.2, 0.25) is 5.79 Å². The van der Waals surface area contributed by atoms with Gasteiger partial charge in [-0.25, -0.2) is 4.79 Å². The number of ether oxygens (including phenoxy) is 7. The number of amides is 1. The summed E-state index contributed by atoms with van der Waals surface area (Å²) in [7, 11) is 3.03. The largest absolute Gasteiger partial charge is 0.460 e. The first-order chi connectivity index (χ1) is 36.7. The Bertz CT molecular complexity index is 1960. The summed E-state index contributed by atoms with van der Waals surface area (Å²) in [6.45, 7) is 21.1. The van der Waals surface area contributed by atoms with Gasteiger partial charge in [-0.1, -0.05) is 78.5 Å². The van der Waals surface area contributed by atoms with E-state index in [-0.39, 0.29) is 79.5 Å². The van der Waals surface area contributed by atoms with Crippen molar-refractivity contribution in [3.63, 3.8) is 0 Å². The second-order valence-corrected chi connectivity index (χ2v) is 23.3. The molecule has 3 heterocycles. The van der Waals surface area contributed by atoms with E-state index in [0.717, 1.165) is 50.9 Å². The minimum absolute atomic E-state index is 0.0322. The summed E-state index contributed by atoms with van der Waals surface area (Å²) in [4.78, 5) is 72.6. The molecular formula is C61H99NO15. The summed E-state index contributed by atoms with van der Waals surface area (Å²) in [6, 6.07) is -1.16. The maximum atomic E-state index is 14.6. The number of aliphatic hydroxyl groups excluding tert-OH is 2. The molecule has 3 N–H and O–H groups in total. The predicted octanol–water partition coefficient (Wildman–Crippen LogP) is 8.41. The summed E-state index contributed by atoms with van der Waals surface area (Å²) in [5, 5.41) is 32.9. The number of nitrogens with zero attached hydrogens (tertiary/aromatic N) is 1. The van der Waals surface area contributed by atoms with E-state index in [1.54, 1.807) is 40.0 Å². The predicted molar refractivity (Wildman–Crippen MR) is 294 cm³/mol. The molecule has 3 saturated heterocycles. The zero-order valence-electron chi connectivity index (χ0n) is 48.5. The normalized spacial score (nSPS) is 27.8. The number of carbonyl (C=O) groups excluding carboxylic acids is 5. The van der Waals surface area contributed by atoms with Gasteiger partial charge in [-0.05, 0) is 139 Å². The summed E-state index contributed by atoms with van der Waals surface area (Å²) in [5.41, 5.74) is 1.34. The highest BCUT2D eigenvalue weighted by Gasteiger charge is 2.53. The lowest BCUT2D eigenvalue weighted by molar-refractivity contribution is -0.266. The van der Waals surface area contributed by atoms with Gasteiger partial charge in [0.05, 0.1) is 24.4 Å². The van der Waals surface area contributed by atoms with E-state index in [4.69, 9.17) is 33.2 Å². The number of methoxy groups -OCH3 is 2. The van der Waals surface area contributed by atoms with Gasteiger partial charge in [0.25, 0.3) is 11.7 Å². The molecule has 77 heavy (non-hydrogen) atoms. The molecular weight excluding hydrogens is 987 g/mol. The number of ketones is 3. The Labute approximate surface area is 461 Å². The van der Waals surface area contributed by atoms with Crippen molar-refractivity contribution in [3.8, 4) is 0 Å². The number of likely N-dealkylation sites (tertiary alicyclic amines) is 1. The molecule has 0 bridgehead atoms. The smallest absolute Gasteiger partial charge is 0.329 e. The fourth-order valence-corrected chi connectivity index (χ4v) is 11.8. The van der Waals surface area contributed by atoms with E-state index in [9.17, 15) is 39.3 Å². The van der Waals surface area contributed by atoms with Gasteiger partial charge in [0.15, 0.2) is 5.78 Å². The van der Waals surface area contributed by atoms with Crippen LogP contribution in [0, 0.1) is 41.4 Å². The van der Waals surface area contributed by atoms with Crippen LogP contribution in [0.3, 0.4) is 0 Å². The van der Waals surface area contributed by atoms with E-state index in [1.165, 1.54) is 12.0 Å². The highest BCUT2D eigenvalue weighted by Crippen LogP contribution is 2.38. The monoisotopic (exact) mass is 1090 g/mol. The topological polar surface area (TPSA) is 214 Å². The van der Waals surface area contributed by atoms with Crippen LogP contribution in [-0.2, 0) is 57.1 Å². The average Bonchev–Trinajstić information content (AvgIpc) is 3.41. The van der Waals surface area contributed by atoms with Gasteiger partial charge in [-0.15, -0.1) is 0 Å². The zero-order valence-corrected chi connectivity index (χ0v) is 48.5. The molecule has 16 heteroatoms. The first-order valence-electron chi connectivity index (χ1n) is 29.0. The number of allylic oxidation sites excluding steroid dienone is 5. The van der Waals surface area contributed by atoms with Crippen molar-refractivity contribution in [2.45, 2.75) is 213 Å². The molecule has 16 nitrogen and oxygen atoms in total. The van der Waals surface area contributed by atoms with Crippen molar-refractivity contribution < 1.29 is 72.5 Å². The molecule has 1 aliphatic carbocycles. The quantitative estimate of drug-likeness (QED) is 0.0190. The van der Waals surface area contributed by atoms with Crippen LogP contribution < -0.4 is 0 Å². The maximum absolute atomic E-state index is 14.6. The van der Waals surface area contributed by atoms with Crippen LogP contribution >= 0.6 is 0 Å². The Hall–Kier alpha value is -3.45. The molecule has 0 radical (unpaired) electrons.